The minimum Gasteiger partial charge on any atom is -0.456 e. The van der Waals surface area contributed by atoms with E-state index in [1.165, 1.54) is 61.2 Å². The molecule has 0 aliphatic heterocycles. The average Bonchev–Trinajstić information content (AvgIpc) is 3.91. The van der Waals surface area contributed by atoms with Gasteiger partial charge >= 0.3 is 0 Å². The molecule has 2 aliphatic carbocycles. The first kappa shape index (κ1) is 34.6. The summed E-state index contributed by atoms with van der Waals surface area (Å²) in [5.41, 5.74) is 19.3. The van der Waals surface area contributed by atoms with Crippen LogP contribution in [0.2, 0.25) is 0 Å². The molecule has 12 rings (SSSR count). The summed E-state index contributed by atoms with van der Waals surface area (Å²) < 4.78 is 7.09. The third kappa shape index (κ3) is 4.88. The lowest BCUT2D eigenvalue weighted by molar-refractivity contribution is 0.648. The van der Waals surface area contributed by atoms with Crippen molar-refractivity contribution in [2.45, 2.75) is 24.7 Å². The number of nitrogens with zero attached hydrogens (tertiary/aromatic N) is 1. The molecule has 0 bridgehead atoms. The topological polar surface area (TPSA) is 16.4 Å². The van der Waals surface area contributed by atoms with Crippen molar-refractivity contribution in [3.05, 3.63) is 246 Å². The van der Waals surface area contributed by atoms with Gasteiger partial charge in [-0.25, -0.2) is 0 Å². The second kappa shape index (κ2) is 13.0. The van der Waals surface area contributed by atoms with E-state index in [0.717, 1.165) is 44.6 Å². The number of para-hydroxylation sites is 1. The van der Waals surface area contributed by atoms with Gasteiger partial charge in [0.15, 0.2) is 0 Å². The van der Waals surface area contributed by atoms with Crippen molar-refractivity contribution in [2.24, 2.45) is 0 Å². The molecular formula is C58H41NO. The second-order valence-electron chi connectivity index (χ2n) is 16.8. The van der Waals surface area contributed by atoms with Crippen LogP contribution in [-0.4, -0.2) is 0 Å². The number of furan rings is 1. The molecule has 0 saturated heterocycles. The van der Waals surface area contributed by atoms with Gasteiger partial charge in [0.1, 0.15) is 11.2 Å². The van der Waals surface area contributed by atoms with E-state index in [2.05, 4.69) is 231 Å². The molecule has 0 N–H and O–H groups in total. The van der Waals surface area contributed by atoms with Crippen LogP contribution in [-0.2, 0) is 10.8 Å². The van der Waals surface area contributed by atoms with Gasteiger partial charge < -0.3 is 9.32 Å². The van der Waals surface area contributed by atoms with E-state index in [1.807, 2.05) is 0 Å². The Morgan fingerprint density at radius 1 is 0.367 bits per heavy atom. The smallest absolute Gasteiger partial charge is 0.140 e. The normalized spacial score (nSPS) is 14.1. The van der Waals surface area contributed by atoms with Crippen molar-refractivity contribution in [1.29, 1.82) is 0 Å². The van der Waals surface area contributed by atoms with E-state index in [4.69, 9.17) is 4.42 Å². The van der Waals surface area contributed by atoms with Gasteiger partial charge in [0, 0.05) is 38.8 Å². The van der Waals surface area contributed by atoms with Crippen LogP contribution in [0.5, 0.6) is 0 Å². The number of rotatable bonds is 6. The predicted octanol–water partition coefficient (Wildman–Crippen LogP) is 15.4. The fourth-order valence-electron chi connectivity index (χ4n) is 10.6. The maximum Gasteiger partial charge on any atom is 0.140 e. The molecule has 0 fully saturated rings. The van der Waals surface area contributed by atoms with E-state index >= 15 is 0 Å². The summed E-state index contributed by atoms with van der Waals surface area (Å²) in [6.07, 6.45) is 0. The maximum absolute atomic E-state index is 7.09. The largest absolute Gasteiger partial charge is 0.456 e. The monoisotopic (exact) mass is 767 g/mol. The molecule has 0 radical (unpaired) electrons. The van der Waals surface area contributed by atoms with Crippen LogP contribution >= 0.6 is 0 Å². The van der Waals surface area contributed by atoms with E-state index in [-0.39, 0.29) is 5.41 Å². The fourth-order valence-corrected chi connectivity index (χ4v) is 10.6. The molecule has 284 valence electrons. The highest BCUT2D eigenvalue weighted by Gasteiger charge is 2.48. The Morgan fingerprint density at radius 2 is 0.883 bits per heavy atom. The Bertz CT molecular complexity index is 3240. The Kier molecular flexibility index (Phi) is 7.52. The molecule has 0 amide bonds. The molecule has 2 aliphatic rings. The van der Waals surface area contributed by atoms with Crippen LogP contribution in [0, 0.1) is 0 Å². The van der Waals surface area contributed by atoms with E-state index in [9.17, 15) is 0 Å². The van der Waals surface area contributed by atoms with Gasteiger partial charge in [0.25, 0.3) is 0 Å². The average molecular weight is 768 g/mol. The lowest BCUT2D eigenvalue weighted by Crippen LogP contribution is -2.29. The van der Waals surface area contributed by atoms with E-state index < -0.39 is 5.41 Å². The SMILES string of the molecule is CC1(C)c2ccccc2-c2ccc(N(c3ccc(-c4ccccc4)cc3)c3cc(C4(c5ccccc5)c5ccccc5-c5ccccc54)c4oc5ccccc5c4c3)cc21. The summed E-state index contributed by atoms with van der Waals surface area (Å²) in [4.78, 5) is 2.46. The van der Waals surface area contributed by atoms with Crippen molar-refractivity contribution in [2.75, 3.05) is 4.90 Å². The molecule has 60 heavy (non-hydrogen) atoms. The Balaban J connectivity index is 1.18. The van der Waals surface area contributed by atoms with Crippen LogP contribution in [0.25, 0.3) is 55.3 Å². The maximum atomic E-state index is 7.09. The standard InChI is InChI=1S/C58H41NO/c1-57(2)50-25-13-9-21-44(50)47-34-33-42(36-53(47)57)59(41-31-29-39(30-32-41)38-17-5-3-6-18-38)43-35-49-48-24-12-16-28-55(48)60-56(49)54(37-43)58(40-19-7-4-8-20-40)51-26-14-10-22-45(51)46-23-11-15-27-52(46)58/h3-37H,1-2H3. The molecule has 1 heterocycles. The van der Waals surface area contributed by atoms with Gasteiger partial charge in [-0.2, -0.15) is 0 Å². The van der Waals surface area contributed by atoms with Crippen molar-refractivity contribution in [1.82, 2.24) is 0 Å². The number of hydrogen-bond acceptors (Lipinski definition) is 2. The Hall–Kier alpha value is -7.42. The predicted molar refractivity (Wildman–Crippen MR) is 249 cm³/mol. The summed E-state index contributed by atoms with van der Waals surface area (Å²) in [5.74, 6) is 0. The molecular weight excluding hydrogens is 727 g/mol. The van der Waals surface area contributed by atoms with Crippen molar-refractivity contribution in [3.63, 3.8) is 0 Å². The van der Waals surface area contributed by atoms with Crippen LogP contribution in [0.4, 0.5) is 17.1 Å². The molecule has 9 aromatic carbocycles. The first-order valence-corrected chi connectivity index (χ1v) is 20.9. The molecule has 10 aromatic rings. The zero-order valence-electron chi connectivity index (χ0n) is 33.6. The highest BCUT2D eigenvalue weighted by Crippen LogP contribution is 2.59. The minimum atomic E-state index is -0.666. The molecule has 0 saturated carbocycles. The molecule has 0 unspecified atom stereocenters. The van der Waals surface area contributed by atoms with Gasteiger partial charge in [-0.05, 0) is 104 Å². The van der Waals surface area contributed by atoms with Crippen molar-refractivity contribution >= 4 is 39.0 Å². The van der Waals surface area contributed by atoms with Crippen LogP contribution < -0.4 is 4.90 Å². The second-order valence-corrected chi connectivity index (χ2v) is 16.8. The third-order valence-electron chi connectivity index (χ3n) is 13.3. The van der Waals surface area contributed by atoms with Crippen LogP contribution in [0.1, 0.15) is 47.2 Å². The Labute approximate surface area is 350 Å². The first-order chi connectivity index (χ1) is 29.5. The molecule has 0 atom stereocenters. The molecule has 2 nitrogen and oxygen atoms in total. The highest BCUT2D eigenvalue weighted by atomic mass is 16.3. The molecule has 1 aromatic heterocycles. The highest BCUT2D eigenvalue weighted by molar-refractivity contribution is 6.09. The quantitative estimate of drug-likeness (QED) is 0.168. The zero-order valence-corrected chi connectivity index (χ0v) is 33.6. The summed E-state index contributed by atoms with van der Waals surface area (Å²) in [5, 5.41) is 2.19. The van der Waals surface area contributed by atoms with Gasteiger partial charge in [0.05, 0.1) is 5.41 Å². The van der Waals surface area contributed by atoms with E-state index in [1.54, 1.807) is 0 Å². The van der Waals surface area contributed by atoms with Crippen LogP contribution in [0.3, 0.4) is 0 Å². The fraction of sp³-hybridized carbons (Fsp3) is 0.0690. The van der Waals surface area contributed by atoms with Crippen molar-refractivity contribution in [3.8, 4) is 33.4 Å². The summed E-state index contributed by atoms with van der Waals surface area (Å²) in [6, 6.07) is 77.9. The van der Waals surface area contributed by atoms with Crippen LogP contribution in [0.15, 0.2) is 217 Å². The van der Waals surface area contributed by atoms with Crippen molar-refractivity contribution < 1.29 is 4.42 Å². The lowest BCUT2D eigenvalue weighted by atomic mass is 9.67. The lowest BCUT2D eigenvalue weighted by Gasteiger charge is -2.35. The number of hydrogen-bond donors (Lipinski definition) is 0. The number of anilines is 3. The third-order valence-corrected chi connectivity index (χ3v) is 13.3. The summed E-state index contributed by atoms with van der Waals surface area (Å²) >= 11 is 0. The Morgan fingerprint density at radius 3 is 1.58 bits per heavy atom. The molecule has 2 heteroatoms. The summed E-state index contributed by atoms with van der Waals surface area (Å²) in [6.45, 7) is 4.72. The van der Waals surface area contributed by atoms with Gasteiger partial charge in [0.2, 0.25) is 0 Å². The molecule has 0 spiro atoms. The van der Waals surface area contributed by atoms with Gasteiger partial charge in [-0.1, -0.05) is 184 Å². The zero-order chi connectivity index (χ0) is 40.0. The first-order valence-electron chi connectivity index (χ1n) is 20.9. The minimum absolute atomic E-state index is 0.157. The van der Waals surface area contributed by atoms with E-state index in [0.29, 0.717) is 0 Å². The number of benzene rings is 9. The summed E-state index contributed by atoms with van der Waals surface area (Å²) in [7, 11) is 0. The van der Waals surface area contributed by atoms with Gasteiger partial charge in [-0.3, -0.25) is 0 Å². The van der Waals surface area contributed by atoms with Gasteiger partial charge in [-0.15, -0.1) is 0 Å². The number of fused-ring (bicyclic) bond motifs is 9.